The number of carbonyl (C=O) groups is 1. The molecule has 8 nitrogen and oxygen atoms in total. The fourth-order valence-electron chi connectivity index (χ4n) is 4.80. The van der Waals surface area contributed by atoms with Crippen LogP contribution in [0.5, 0.6) is 0 Å². The number of nitrogens with zero attached hydrogens (tertiary/aromatic N) is 5. The Kier molecular flexibility index (Phi) is 5.32. The third-order valence-corrected chi connectivity index (χ3v) is 6.54. The van der Waals surface area contributed by atoms with Gasteiger partial charge in [-0.2, -0.15) is 5.10 Å². The molecule has 1 atom stereocenters. The number of carbonyl (C=O) groups excluding carboxylic acids is 1. The van der Waals surface area contributed by atoms with Crippen LogP contribution in [-0.4, -0.2) is 44.2 Å². The highest BCUT2D eigenvalue weighted by Gasteiger charge is 2.30. The summed E-state index contributed by atoms with van der Waals surface area (Å²) in [5.74, 6) is -4.01. The SMILES string of the molecule is COC(=O)c1cc2[nH]c(-c3cnn4ccc(N5CCC[C@@H]5c5cc(F)ccc5F)nc34)nc2c(F)c1F. The van der Waals surface area contributed by atoms with Crippen molar-refractivity contribution in [1.29, 1.82) is 0 Å². The Morgan fingerprint density at radius 3 is 2.76 bits per heavy atom. The third-order valence-electron chi connectivity index (χ3n) is 6.54. The molecule has 3 aromatic heterocycles. The molecule has 1 aliphatic heterocycles. The van der Waals surface area contributed by atoms with Gasteiger partial charge in [0.05, 0.1) is 30.4 Å². The van der Waals surface area contributed by atoms with Gasteiger partial charge in [0.15, 0.2) is 17.3 Å². The number of ether oxygens (including phenoxy) is 1. The van der Waals surface area contributed by atoms with Crippen LogP contribution in [0.3, 0.4) is 0 Å². The van der Waals surface area contributed by atoms with Crippen LogP contribution in [0.25, 0.3) is 28.1 Å². The third kappa shape index (κ3) is 3.67. The van der Waals surface area contributed by atoms with Crippen molar-refractivity contribution in [2.75, 3.05) is 18.6 Å². The predicted molar refractivity (Wildman–Crippen MR) is 125 cm³/mol. The van der Waals surface area contributed by atoms with Crippen LogP contribution in [0.4, 0.5) is 23.4 Å². The van der Waals surface area contributed by atoms with Gasteiger partial charge < -0.3 is 14.6 Å². The first-order valence-electron chi connectivity index (χ1n) is 11.4. The Balaban J connectivity index is 1.43. The van der Waals surface area contributed by atoms with E-state index in [4.69, 9.17) is 4.98 Å². The lowest BCUT2D eigenvalue weighted by Crippen LogP contribution is -2.24. The number of anilines is 1. The largest absolute Gasteiger partial charge is 0.465 e. The van der Waals surface area contributed by atoms with Crippen molar-refractivity contribution >= 4 is 28.5 Å². The second-order valence-corrected chi connectivity index (χ2v) is 8.65. The van der Waals surface area contributed by atoms with Crippen molar-refractivity contribution in [1.82, 2.24) is 24.6 Å². The molecule has 0 radical (unpaired) electrons. The summed E-state index contributed by atoms with van der Waals surface area (Å²) >= 11 is 0. The molecule has 1 fully saturated rings. The standard InChI is InChI=1S/C25H18F4N6O2/c1-37-25(36)14-10-17-22(21(29)20(14)28)33-23(31-17)15-11-30-35-8-6-19(32-24(15)35)34-7-2-3-18(34)13-9-12(26)4-5-16(13)27/h4-6,8-11,18H,2-3,7H2,1H3,(H,31,33)/t18-/m1/s1. The highest BCUT2D eigenvalue weighted by atomic mass is 19.2. The van der Waals surface area contributed by atoms with E-state index in [1.165, 1.54) is 16.8 Å². The van der Waals surface area contributed by atoms with Gasteiger partial charge in [0, 0.05) is 18.3 Å². The zero-order chi connectivity index (χ0) is 25.8. The number of benzene rings is 2. The van der Waals surface area contributed by atoms with Gasteiger partial charge >= 0.3 is 5.97 Å². The van der Waals surface area contributed by atoms with Crippen molar-refractivity contribution in [3.8, 4) is 11.4 Å². The van der Waals surface area contributed by atoms with E-state index >= 15 is 0 Å². The molecule has 12 heteroatoms. The summed E-state index contributed by atoms with van der Waals surface area (Å²) in [4.78, 5) is 25.5. The molecule has 0 bridgehead atoms. The molecular formula is C25H18F4N6O2. The lowest BCUT2D eigenvalue weighted by Gasteiger charge is -2.26. The highest BCUT2D eigenvalue weighted by molar-refractivity contribution is 5.95. The fraction of sp³-hybridized carbons (Fsp3) is 0.200. The molecule has 6 rings (SSSR count). The molecule has 0 saturated carbocycles. The van der Waals surface area contributed by atoms with Gasteiger partial charge in [0.1, 0.15) is 34.4 Å². The minimum absolute atomic E-state index is 0.0889. The number of fused-ring (bicyclic) bond motifs is 2. The van der Waals surface area contributed by atoms with E-state index in [9.17, 15) is 22.4 Å². The maximum Gasteiger partial charge on any atom is 0.341 e. The quantitative estimate of drug-likeness (QED) is 0.272. The van der Waals surface area contributed by atoms with Crippen molar-refractivity contribution < 1.29 is 27.1 Å². The Morgan fingerprint density at radius 1 is 1.11 bits per heavy atom. The second kappa shape index (κ2) is 8.57. The number of esters is 1. The number of H-pyrrole nitrogens is 1. The first kappa shape index (κ1) is 23.0. The van der Waals surface area contributed by atoms with Gasteiger partial charge in [-0.15, -0.1) is 0 Å². The predicted octanol–water partition coefficient (Wildman–Crippen LogP) is 4.96. The first-order chi connectivity index (χ1) is 17.9. The summed E-state index contributed by atoms with van der Waals surface area (Å²) in [7, 11) is 1.07. The maximum atomic E-state index is 14.7. The van der Waals surface area contributed by atoms with Crippen LogP contribution in [0.2, 0.25) is 0 Å². The molecular weight excluding hydrogens is 492 g/mol. The average Bonchev–Trinajstić information content (AvgIpc) is 3.64. The molecule has 0 spiro atoms. The van der Waals surface area contributed by atoms with E-state index in [2.05, 4.69) is 19.8 Å². The molecule has 188 valence electrons. The highest BCUT2D eigenvalue weighted by Crippen LogP contribution is 2.37. The molecule has 4 heterocycles. The zero-order valence-electron chi connectivity index (χ0n) is 19.3. The monoisotopic (exact) mass is 510 g/mol. The van der Waals surface area contributed by atoms with Gasteiger partial charge in [0.2, 0.25) is 0 Å². The van der Waals surface area contributed by atoms with Crippen molar-refractivity contribution in [3.05, 3.63) is 77.1 Å². The molecule has 1 aliphatic rings. The van der Waals surface area contributed by atoms with Crippen LogP contribution < -0.4 is 4.90 Å². The minimum Gasteiger partial charge on any atom is -0.465 e. The summed E-state index contributed by atoms with van der Waals surface area (Å²) in [6.07, 6.45) is 4.51. The topological polar surface area (TPSA) is 88.4 Å². The number of aromatic amines is 1. The van der Waals surface area contributed by atoms with E-state index in [-0.39, 0.29) is 22.4 Å². The summed E-state index contributed by atoms with van der Waals surface area (Å²) in [6, 6.07) is 5.83. The van der Waals surface area contributed by atoms with Gasteiger partial charge in [-0.1, -0.05) is 0 Å². The molecule has 0 amide bonds. The van der Waals surface area contributed by atoms with Gasteiger partial charge in [-0.05, 0) is 43.2 Å². The number of hydrogen-bond donors (Lipinski definition) is 1. The lowest BCUT2D eigenvalue weighted by atomic mass is 10.0. The van der Waals surface area contributed by atoms with Crippen molar-refractivity contribution in [3.63, 3.8) is 0 Å². The number of halogens is 4. The van der Waals surface area contributed by atoms with E-state index in [1.807, 2.05) is 4.90 Å². The van der Waals surface area contributed by atoms with Crippen LogP contribution in [0, 0.1) is 23.3 Å². The number of imidazole rings is 1. The Hall–Kier alpha value is -4.48. The molecule has 5 aromatic rings. The Labute approximate surface area is 206 Å². The molecule has 37 heavy (non-hydrogen) atoms. The first-order valence-corrected chi connectivity index (χ1v) is 11.4. The molecule has 0 unspecified atom stereocenters. The van der Waals surface area contributed by atoms with Gasteiger partial charge in [-0.25, -0.2) is 36.8 Å². The van der Waals surface area contributed by atoms with Gasteiger partial charge in [-0.3, -0.25) is 0 Å². The van der Waals surface area contributed by atoms with E-state index < -0.39 is 40.8 Å². The Morgan fingerprint density at radius 2 is 1.95 bits per heavy atom. The summed E-state index contributed by atoms with van der Waals surface area (Å²) < 4.78 is 63.5. The molecule has 1 N–H and O–H groups in total. The zero-order valence-corrected chi connectivity index (χ0v) is 19.3. The molecule has 2 aromatic carbocycles. The van der Waals surface area contributed by atoms with Crippen molar-refractivity contribution in [2.24, 2.45) is 0 Å². The smallest absolute Gasteiger partial charge is 0.341 e. The van der Waals surface area contributed by atoms with E-state index in [0.29, 0.717) is 30.0 Å². The normalized spacial score (nSPS) is 15.7. The Bertz CT molecular complexity index is 1700. The molecule has 0 aliphatic carbocycles. The lowest BCUT2D eigenvalue weighted by molar-refractivity contribution is 0.0594. The van der Waals surface area contributed by atoms with Crippen LogP contribution in [0.1, 0.15) is 34.8 Å². The van der Waals surface area contributed by atoms with Crippen LogP contribution in [-0.2, 0) is 4.74 Å². The number of aromatic nitrogens is 5. The molecule has 1 saturated heterocycles. The summed E-state index contributed by atoms with van der Waals surface area (Å²) in [5.41, 5.74) is 0.237. The minimum atomic E-state index is -1.36. The van der Waals surface area contributed by atoms with Crippen LogP contribution in [0.15, 0.2) is 42.7 Å². The maximum absolute atomic E-state index is 14.7. The second-order valence-electron chi connectivity index (χ2n) is 8.65. The number of hydrogen-bond acceptors (Lipinski definition) is 6. The average molecular weight is 510 g/mol. The summed E-state index contributed by atoms with van der Waals surface area (Å²) in [6.45, 7) is 0.582. The van der Waals surface area contributed by atoms with E-state index in [0.717, 1.165) is 31.7 Å². The van der Waals surface area contributed by atoms with Gasteiger partial charge in [0.25, 0.3) is 0 Å². The van der Waals surface area contributed by atoms with Crippen LogP contribution >= 0.6 is 0 Å². The number of rotatable bonds is 4. The fourth-order valence-corrected chi connectivity index (χ4v) is 4.80. The van der Waals surface area contributed by atoms with Crippen molar-refractivity contribution in [2.45, 2.75) is 18.9 Å². The van der Waals surface area contributed by atoms with E-state index in [1.54, 1.807) is 12.3 Å². The number of nitrogens with one attached hydrogen (secondary N) is 1. The summed E-state index contributed by atoms with van der Waals surface area (Å²) in [5, 5.41) is 4.26. The number of methoxy groups -OCH3 is 1.